The van der Waals surface area contributed by atoms with Gasteiger partial charge in [0.25, 0.3) is 10.1 Å². The largest absolute Gasteiger partial charge is 0.505 e. The summed E-state index contributed by atoms with van der Waals surface area (Å²) in [6.07, 6.45) is 0. The Morgan fingerprint density at radius 3 is 1.83 bits per heavy atom. The molecule has 0 aliphatic heterocycles. The van der Waals surface area contributed by atoms with Crippen LogP contribution in [-0.4, -0.2) is 123 Å². The standard InChI is InChI=1S/C22H26N2O12S4.C13H19NO7S2/c1-11-17(39(28,29)30)8-12-7-16(37)21(22(25)19(12)20(11)23-2)24-13-9-15(35-4)18(10-14(13)34-3)38(26,27)6-5-36-40(31,32)33;1-9(2)14-10-7-12(20-4)13(8-11(10)19-3)22(15)6-5-21-23(16,17)18/h7-10,23-25,37H,5-6H2,1-4H3,(H,28,29,30)(H,31,32,33);7-8H,5-6H2,1-4H3,(H,16,17,18). The first-order chi connectivity index (χ1) is 29.1. The Labute approximate surface area is 372 Å². The Hall–Kier alpha value is -4.49. The number of aliphatic imine (C=N–C) groups is 1. The topological polar surface area (TPSA) is 326 Å². The fourth-order valence-electron chi connectivity index (χ4n) is 5.70. The van der Waals surface area contributed by atoms with E-state index in [0.717, 1.165) is 11.8 Å². The molecule has 350 valence electrons. The van der Waals surface area contributed by atoms with Gasteiger partial charge in [-0.1, -0.05) is 0 Å². The van der Waals surface area contributed by atoms with Crippen LogP contribution in [0.15, 0.2) is 61.0 Å². The quantitative estimate of drug-likeness (QED) is 0.0294. The van der Waals surface area contributed by atoms with E-state index in [0.29, 0.717) is 22.1 Å². The average molecular weight is 1000 g/mol. The second-order valence-electron chi connectivity index (χ2n) is 12.7. The highest BCUT2D eigenvalue weighted by molar-refractivity contribution is 7.91. The number of hydrogen-bond donors (Lipinski definition) is 7. The van der Waals surface area contributed by atoms with Gasteiger partial charge in [-0.3, -0.25) is 22.9 Å². The van der Waals surface area contributed by atoms with Gasteiger partial charge in [0, 0.05) is 53.0 Å². The van der Waals surface area contributed by atoms with Gasteiger partial charge in [-0.25, -0.2) is 16.8 Å². The molecule has 0 saturated carbocycles. The van der Waals surface area contributed by atoms with E-state index in [4.69, 9.17) is 28.1 Å². The number of nitrogens with one attached hydrogen (secondary N) is 2. The summed E-state index contributed by atoms with van der Waals surface area (Å²) in [5.41, 5.74) is 1.88. The van der Waals surface area contributed by atoms with E-state index in [9.17, 15) is 47.5 Å². The summed E-state index contributed by atoms with van der Waals surface area (Å²) in [7, 11) is -13.0. The van der Waals surface area contributed by atoms with Gasteiger partial charge in [0.1, 0.15) is 39.3 Å². The lowest BCUT2D eigenvalue weighted by Gasteiger charge is -2.20. The van der Waals surface area contributed by atoms with E-state index in [1.54, 1.807) is 6.07 Å². The van der Waals surface area contributed by atoms with Gasteiger partial charge in [-0.15, -0.1) is 12.6 Å². The number of anilines is 3. The van der Waals surface area contributed by atoms with E-state index in [1.165, 1.54) is 66.7 Å². The summed E-state index contributed by atoms with van der Waals surface area (Å²) in [5.74, 6) is -0.758. The van der Waals surface area contributed by atoms with Crippen LogP contribution in [-0.2, 0) is 59.9 Å². The number of fused-ring (bicyclic) bond motifs is 1. The number of hydrogen-bond acceptors (Lipinski definition) is 20. The molecular formula is C35H45N3O19S6. The van der Waals surface area contributed by atoms with Crippen LogP contribution in [0.1, 0.15) is 19.4 Å². The highest BCUT2D eigenvalue weighted by Crippen LogP contribution is 2.47. The van der Waals surface area contributed by atoms with Crippen molar-refractivity contribution >= 4 is 103 Å². The van der Waals surface area contributed by atoms with Gasteiger partial charge in [0.05, 0.1) is 85.1 Å². The number of benzene rings is 4. The molecule has 0 radical (unpaired) electrons. The molecule has 0 fully saturated rings. The Balaban J connectivity index is 0.000000390. The van der Waals surface area contributed by atoms with E-state index < -0.39 is 70.5 Å². The Bertz CT molecular complexity index is 2870. The summed E-state index contributed by atoms with van der Waals surface area (Å²) in [4.78, 5) is 4.05. The molecule has 0 aliphatic carbocycles. The summed E-state index contributed by atoms with van der Waals surface area (Å²) in [5, 5.41) is 17.4. The molecule has 63 heavy (non-hydrogen) atoms. The second kappa shape index (κ2) is 21.5. The molecule has 4 rings (SSSR count). The fourth-order valence-corrected chi connectivity index (χ4v) is 9.89. The lowest BCUT2D eigenvalue weighted by molar-refractivity contribution is 0.282. The number of phenols is 1. The van der Waals surface area contributed by atoms with Crippen molar-refractivity contribution in [2.45, 2.75) is 40.4 Å². The first-order valence-corrected chi connectivity index (χ1v) is 25.0. The molecule has 0 bridgehead atoms. The summed E-state index contributed by atoms with van der Waals surface area (Å²) in [6, 6.07) is 8.12. The molecule has 6 N–H and O–H groups in total. The predicted molar refractivity (Wildman–Crippen MR) is 236 cm³/mol. The number of nitrogens with zero attached hydrogens (tertiary/aromatic N) is 1. The highest BCUT2D eigenvalue weighted by atomic mass is 32.3. The number of thiol groups is 1. The summed E-state index contributed by atoms with van der Waals surface area (Å²) >= 11 is 4.40. The molecule has 0 spiro atoms. The first kappa shape index (κ1) is 52.9. The number of rotatable bonds is 19. The zero-order valence-corrected chi connectivity index (χ0v) is 39.6. The van der Waals surface area contributed by atoms with Crippen LogP contribution >= 0.6 is 12.6 Å². The van der Waals surface area contributed by atoms with E-state index >= 15 is 0 Å². The van der Waals surface area contributed by atoms with Gasteiger partial charge in [0.2, 0.25) is 0 Å². The molecule has 4 aromatic carbocycles. The normalized spacial score (nSPS) is 12.4. The minimum Gasteiger partial charge on any atom is -0.505 e. The third-order valence-electron chi connectivity index (χ3n) is 8.34. The molecule has 4 aromatic rings. The molecule has 22 nitrogen and oxygen atoms in total. The minimum absolute atomic E-state index is 0.0194. The smallest absolute Gasteiger partial charge is 0.397 e. The molecule has 0 aliphatic rings. The zero-order valence-electron chi connectivity index (χ0n) is 34.6. The van der Waals surface area contributed by atoms with Gasteiger partial charge in [0.15, 0.2) is 9.84 Å². The maximum Gasteiger partial charge on any atom is 0.397 e. The predicted octanol–water partition coefficient (Wildman–Crippen LogP) is 4.53. The SMILES string of the molecule is CNc1c(C)c(S(=O)(=O)O)cc2cc(S)c(Nc3cc(OC)c(S(=O)(=O)CCOS(=O)(=O)O)cc3OC)c(O)c12.COc1cc(S(=O)CCOS(=O)(=O)O)c(OC)cc1N=C(C)C. The Kier molecular flexibility index (Phi) is 18.0. The van der Waals surface area contributed by atoms with Crippen molar-refractivity contribution in [1.29, 1.82) is 0 Å². The number of phenolic OH excluding ortho intramolecular Hbond substituents is 1. The van der Waals surface area contributed by atoms with E-state index in [1.807, 2.05) is 13.8 Å². The van der Waals surface area contributed by atoms with Crippen molar-refractivity contribution in [2.24, 2.45) is 4.99 Å². The Morgan fingerprint density at radius 2 is 1.32 bits per heavy atom. The first-order valence-electron chi connectivity index (χ1n) is 17.5. The molecule has 0 aromatic heterocycles. The molecule has 0 heterocycles. The van der Waals surface area contributed by atoms with Crippen LogP contribution in [0.3, 0.4) is 0 Å². The molecular weight excluding hydrogens is 959 g/mol. The van der Waals surface area contributed by atoms with Gasteiger partial charge >= 0.3 is 20.8 Å². The molecule has 0 amide bonds. The van der Waals surface area contributed by atoms with Crippen molar-refractivity contribution in [2.75, 3.05) is 70.8 Å². The number of sulfone groups is 1. The summed E-state index contributed by atoms with van der Waals surface area (Å²) in [6.45, 7) is 3.82. The monoisotopic (exact) mass is 1000 g/mol. The molecule has 1 unspecified atom stereocenters. The van der Waals surface area contributed by atoms with Crippen molar-refractivity contribution < 1.29 is 84.0 Å². The van der Waals surface area contributed by atoms with Crippen LogP contribution < -0.4 is 29.6 Å². The van der Waals surface area contributed by atoms with Crippen LogP contribution in [0.4, 0.5) is 22.7 Å². The molecule has 1 atom stereocenters. The van der Waals surface area contributed by atoms with Gasteiger partial charge in [-0.2, -0.15) is 25.3 Å². The fraction of sp³-hybridized carbons (Fsp3) is 0.343. The summed E-state index contributed by atoms with van der Waals surface area (Å²) < 4.78 is 160. The maximum atomic E-state index is 12.9. The van der Waals surface area contributed by atoms with Crippen molar-refractivity contribution in [3.05, 3.63) is 42.0 Å². The number of methoxy groups -OCH3 is 4. The lowest BCUT2D eigenvalue weighted by atomic mass is 10.0. The third-order valence-corrected chi connectivity index (χ3v) is 13.6. The van der Waals surface area contributed by atoms with E-state index in [2.05, 4.69) is 36.6 Å². The van der Waals surface area contributed by atoms with Crippen molar-refractivity contribution in [1.82, 2.24) is 0 Å². The Morgan fingerprint density at radius 1 is 0.746 bits per heavy atom. The highest BCUT2D eigenvalue weighted by Gasteiger charge is 2.27. The third kappa shape index (κ3) is 14.0. The van der Waals surface area contributed by atoms with Crippen molar-refractivity contribution in [3.8, 4) is 28.7 Å². The number of ether oxygens (including phenoxy) is 4. The van der Waals surface area contributed by atoms with Gasteiger partial charge in [-0.05, 0) is 43.9 Å². The zero-order chi connectivity index (χ0) is 47.8. The minimum atomic E-state index is -4.85. The van der Waals surface area contributed by atoms with Crippen LogP contribution in [0.2, 0.25) is 0 Å². The average Bonchev–Trinajstić information content (AvgIpc) is 3.17. The second-order valence-corrected chi connectivity index (χ2v) is 20.4. The molecule has 0 saturated heterocycles. The van der Waals surface area contributed by atoms with Gasteiger partial charge < -0.3 is 34.7 Å². The van der Waals surface area contributed by atoms with E-state index in [-0.39, 0.29) is 71.1 Å². The maximum absolute atomic E-state index is 12.9. The van der Waals surface area contributed by atoms with Crippen LogP contribution in [0.5, 0.6) is 28.7 Å². The van der Waals surface area contributed by atoms with Crippen LogP contribution in [0.25, 0.3) is 10.8 Å². The van der Waals surface area contributed by atoms with Crippen LogP contribution in [0, 0.1) is 6.92 Å². The molecule has 28 heteroatoms. The van der Waals surface area contributed by atoms with Crippen molar-refractivity contribution in [3.63, 3.8) is 0 Å². The lowest BCUT2D eigenvalue weighted by Crippen LogP contribution is -2.16. The number of aromatic hydroxyl groups is 1.